The zero-order chi connectivity index (χ0) is 16.8. The lowest BCUT2D eigenvalue weighted by Gasteiger charge is -2.31. The van der Waals surface area contributed by atoms with Crippen LogP contribution in [-0.4, -0.2) is 51.5 Å². The van der Waals surface area contributed by atoms with Gasteiger partial charge >= 0.3 is 12.0 Å². The fourth-order valence-corrected chi connectivity index (χ4v) is 2.82. The summed E-state index contributed by atoms with van der Waals surface area (Å²) < 4.78 is 0. The molecule has 2 amide bonds. The van der Waals surface area contributed by atoms with Gasteiger partial charge in [0.15, 0.2) is 0 Å². The van der Waals surface area contributed by atoms with Gasteiger partial charge in [-0.25, -0.2) is 9.59 Å². The maximum Gasteiger partial charge on any atom is 0.337 e. The summed E-state index contributed by atoms with van der Waals surface area (Å²) in [5.41, 5.74) is 0.892. The monoisotopic (exact) mass is 315 g/mol. The molecule has 0 aliphatic carbocycles. The summed E-state index contributed by atoms with van der Waals surface area (Å²) in [5, 5.41) is 9.10. The number of pyridine rings is 1. The van der Waals surface area contributed by atoms with E-state index >= 15 is 0 Å². The summed E-state index contributed by atoms with van der Waals surface area (Å²) >= 11 is 0. The number of urea groups is 1. The van der Waals surface area contributed by atoms with Gasteiger partial charge in [0.05, 0.1) is 11.6 Å². The molecule has 2 rings (SSSR count). The van der Waals surface area contributed by atoms with Crippen molar-refractivity contribution in [1.29, 1.82) is 0 Å². The van der Waals surface area contributed by atoms with Gasteiger partial charge in [-0.1, -0.05) is 12.2 Å². The zero-order valence-corrected chi connectivity index (χ0v) is 13.0. The Kier molecular flexibility index (Phi) is 5.51. The van der Waals surface area contributed by atoms with E-state index < -0.39 is 5.97 Å². The molecule has 2 heterocycles. The molecule has 1 aliphatic rings. The number of amides is 2. The Bertz CT molecular complexity index is 605. The van der Waals surface area contributed by atoms with E-state index in [1.165, 1.54) is 6.20 Å². The molecule has 1 N–H and O–H groups in total. The van der Waals surface area contributed by atoms with Crippen LogP contribution in [0.5, 0.6) is 0 Å². The predicted molar refractivity (Wildman–Crippen MR) is 87.2 cm³/mol. The maximum absolute atomic E-state index is 12.7. The molecule has 6 nitrogen and oxygen atoms in total. The largest absolute Gasteiger partial charge is 0.478 e. The van der Waals surface area contributed by atoms with Crippen LogP contribution < -0.4 is 0 Å². The van der Waals surface area contributed by atoms with Gasteiger partial charge in [0, 0.05) is 32.0 Å². The SMILES string of the molecule is C=CCN(CC=C)C(=O)N1CCCC1c1cncc(C(=O)O)c1. The second-order valence-electron chi connectivity index (χ2n) is 5.43. The van der Waals surface area contributed by atoms with E-state index in [2.05, 4.69) is 18.1 Å². The van der Waals surface area contributed by atoms with Crippen LogP contribution in [0.25, 0.3) is 0 Å². The van der Waals surface area contributed by atoms with Gasteiger partial charge in [-0.05, 0) is 24.5 Å². The molecule has 1 fully saturated rings. The van der Waals surface area contributed by atoms with Crippen molar-refractivity contribution in [3.05, 3.63) is 54.9 Å². The van der Waals surface area contributed by atoms with Crippen molar-refractivity contribution in [2.75, 3.05) is 19.6 Å². The Balaban J connectivity index is 2.23. The molecular formula is C17H21N3O3. The van der Waals surface area contributed by atoms with E-state index in [1.807, 2.05) is 0 Å². The standard InChI is InChI=1S/C17H21N3O3/c1-3-7-19(8-4-2)17(23)20-9-5-6-15(20)13-10-14(16(21)22)12-18-11-13/h3-4,10-12,15H,1-2,5-9H2,(H,21,22). The Morgan fingerprint density at radius 3 is 2.65 bits per heavy atom. The Morgan fingerprint density at radius 2 is 2.04 bits per heavy atom. The third kappa shape index (κ3) is 3.77. The quantitative estimate of drug-likeness (QED) is 0.819. The summed E-state index contributed by atoms with van der Waals surface area (Å²) in [5.74, 6) is -1.02. The first kappa shape index (κ1) is 16.7. The van der Waals surface area contributed by atoms with Crippen LogP contribution in [0.4, 0.5) is 4.79 Å². The summed E-state index contributed by atoms with van der Waals surface area (Å²) in [6.45, 7) is 8.89. The van der Waals surface area contributed by atoms with Crippen molar-refractivity contribution >= 4 is 12.0 Å². The van der Waals surface area contributed by atoms with Crippen molar-refractivity contribution in [3.63, 3.8) is 0 Å². The molecule has 1 aromatic heterocycles. The average Bonchev–Trinajstić information content (AvgIpc) is 3.03. The fourth-order valence-electron chi connectivity index (χ4n) is 2.82. The third-order valence-corrected chi connectivity index (χ3v) is 3.86. The van der Waals surface area contributed by atoms with Crippen molar-refractivity contribution < 1.29 is 14.7 Å². The van der Waals surface area contributed by atoms with Gasteiger partial charge in [0.2, 0.25) is 0 Å². The highest BCUT2D eigenvalue weighted by molar-refractivity contribution is 5.87. The van der Waals surface area contributed by atoms with Crippen LogP contribution in [0.15, 0.2) is 43.8 Å². The lowest BCUT2D eigenvalue weighted by Crippen LogP contribution is -2.43. The number of carboxylic acids is 1. The molecule has 0 saturated carbocycles. The minimum atomic E-state index is -1.02. The first-order valence-corrected chi connectivity index (χ1v) is 7.54. The van der Waals surface area contributed by atoms with E-state index in [1.54, 1.807) is 34.2 Å². The number of aromatic carboxylic acids is 1. The topological polar surface area (TPSA) is 73.7 Å². The lowest BCUT2D eigenvalue weighted by molar-refractivity contribution is 0.0696. The van der Waals surface area contributed by atoms with Gasteiger partial charge < -0.3 is 14.9 Å². The smallest absolute Gasteiger partial charge is 0.337 e. The molecule has 1 unspecified atom stereocenters. The summed E-state index contributed by atoms with van der Waals surface area (Å²) in [7, 11) is 0. The third-order valence-electron chi connectivity index (χ3n) is 3.86. The average molecular weight is 315 g/mol. The number of rotatable bonds is 6. The number of carboxylic acid groups (broad SMARTS) is 1. The molecule has 1 aliphatic heterocycles. The van der Waals surface area contributed by atoms with Gasteiger partial charge in [-0.3, -0.25) is 4.98 Å². The van der Waals surface area contributed by atoms with E-state index in [0.29, 0.717) is 19.6 Å². The first-order valence-electron chi connectivity index (χ1n) is 7.54. The molecule has 23 heavy (non-hydrogen) atoms. The fraction of sp³-hybridized carbons (Fsp3) is 0.353. The normalized spacial score (nSPS) is 16.9. The van der Waals surface area contributed by atoms with Crippen LogP contribution >= 0.6 is 0 Å². The van der Waals surface area contributed by atoms with E-state index in [-0.39, 0.29) is 17.6 Å². The molecule has 1 atom stereocenters. The number of carbonyl (C=O) groups excluding carboxylic acids is 1. The van der Waals surface area contributed by atoms with Crippen molar-refractivity contribution in [3.8, 4) is 0 Å². The van der Waals surface area contributed by atoms with Crippen molar-refractivity contribution in [2.45, 2.75) is 18.9 Å². The van der Waals surface area contributed by atoms with E-state index in [0.717, 1.165) is 18.4 Å². The number of hydrogen-bond acceptors (Lipinski definition) is 3. The number of aromatic nitrogens is 1. The summed E-state index contributed by atoms with van der Waals surface area (Å²) in [6, 6.07) is 1.36. The van der Waals surface area contributed by atoms with Gasteiger partial charge in [-0.2, -0.15) is 0 Å². The second kappa shape index (κ2) is 7.58. The first-order chi connectivity index (χ1) is 11.1. The van der Waals surface area contributed by atoms with E-state index in [9.17, 15) is 9.59 Å². The molecule has 1 saturated heterocycles. The summed E-state index contributed by atoms with van der Waals surface area (Å²) in [4.78, 5) is 31.3. The summed E-state index contributed by atoms with van der Waals surface area (Å²) in [6.07, 6.45) is 7.98. The molecule has 0 bridgehead atoms. The van der Waals surface area contributed by atoms with Crippen LogP contribution in [0, 0.1) is 0 Å². The molecule has 0 spiro atoms. The Morgan fingerprint density at radius 1 is 1.35 bits per heavy atom. The minimum Gasteiger partial charge on any atom is -0.478 e. The highest BCUT2D eigenvalue weighted by Crippen LogP contribution is 2.32. The molecule has 6 heteroatoms. The zero-order valence-electron chi connectivity index (χ0n) is 13.0. The van der Waals surface area contributed by atoms with Gasteiger partial charge in [0.25, 0.3) is 0 Å². The molecular weight excluding hydrogens is 294 g/mol. The van der Waals surface area contributed by atoms with Crippen molar-refractivity contribution in [2.24, 2.45) is 0 Å². The van der Waals surface area contributed by atoms with Crippen LogP contribution in [0.2, 0.25) is 0 Å². The molecule has 1 aromatic rings. The lowest BCUT2D eigenvalue weighted by atomic mass is 10.1. The number of nitrogens with zero attached hydrogens (tertiary/aromatic N) is 3. The number of hydrogen-bond donors (Lipinski definition) is 1. The number of carbonyl (C=O) groups is 2. The predicted octanol–water partition coefficient (Wildman–Crippen LogP) is 2.71. The number of likely N-dealkylation sites (tertiary alicyclic amines) is 1. The van der Waals surface area contributed by atoms with Gasteiger partial charge in [0.1, 0.15) is 0 Å². The van der Waals surface area contributed by atoms with Crippen molar-refractivity contribution in [1.82, 2.24) is 14.8 Å². The Hall–Kier alpha value is -2.63. The van der Waals surface area contributed by atoms with E-state index in [4.69, 9.17) is 5.11 Å². The minimum absolute atomic E-state index is 0.0898. The van der Waals surface area contributed by atoms with Crippen LogP contribution in [0.3, 0.4) is 0 Å². The van der Waals surface area contributed by atoms with Gasteiger partial charge in [-0.15, -0.1) is 13.2 Å². The van der Waals surface area contributed by atoms with Crippen LogP contribution in [-0.2, 0) is 0 Å². The highest BCUT2D eigenvalue weighted by atomic mass is 16.4. The Labute approximate surface area is 135 Å². The molecule has 122 valence electrons. The van der Waals surface area contributed by atoms with Crippen LogP contribution in [0.1, 0.15) is 34.8 Å². The maximum atomic E-state index is 12.7. The second-order valence-corrected chi connectivity index (χ2v) is 5.43. The molecule has 0 aromatic carbocycles. The highest BCUT2D eigenvalue weighted by Gasteiger charge is 2.32. The molecule has 0 radical (unpaired) electrons.